The van der Waals surface area contributed by atoms with E-state index in [1.54, 1.807) is 0 Å². The van der Waals surface area contributed by atoms with Gasteiger partial charge in [-0.05, 0) is 79.9 Å². The van der Waals surface area contributed by atoms with Crippen LogP contribution in [0.1, 0.15) is 48.8 Å². The lowest BCUT2D eigenvalue weighted by atomic mass is 9.79. The van der Waals surface area contributed by atoms with E-state index >= 15 is 0 Å². The fourth-order valence-corrected chi connectivity index (χ4v) is 5.47. The first-order valence-electron chi connectivity index (χ1n) is 8.52. The van der Waals surface area contributed by atoms with Crippen LogP contribution in [0.25, 0.3) is 0 Å². The van der Waals surface area contributed by atoms with Crippen LogP contribution in [0.3, 0.4) is 0 Å². The van der Waals surface area contributed by atoms with Gasteiger partial charge in [-0.25, -0.2) is 0 Å². The Bertz CT molecular complexity index is 506. The normalized spacial score (nSPS) is 38.4. The molecule has 0 spiro atoms. The van der Waals surface area contributed by atoms with Crippen molar-refractivity contribution < 1.29 is 0 Å². The Morgan fingerprint density at radius 2 is 1.85 bits per heavy atom. The van der Waals surface area contributed by atoms with E-state index in [1.165, 1.54) is 48.8 Å². The average molecular weight is 269 g/mol. The fourth-order valence-electron chi connectivity index (χ4n) is 5.47. The van der Waals surface area contributed by atoms with Crippen LogP contribution in [0.4, 0.5) is 0 Å². The molecule has 0 radical (unpaired) electrons. The Morgan fingerprint density at radius 1 is 1.00 bits per heavy atom. The van der Waals surface area contributed by atoms with Crippen LogP contribution in [0.5, 0.6) is 0 Å². The smallest absolute Gasteiger partial charge is 0.0208 e. The SMILES string of the molecule is Cc1ccc(CNC2CC3CC2C2CCCC32)cc1C. The summed E-state index contributed by atoms with van der Waals surface area (Å²) in [6.45, 7) is 5.48. The van der Waals surface area contributed by atoms with Crippen LogP contribution in [0, 0.1) is 37.5 Å². The van der Waals surface area contributed by atoms with Crippen LogP contribution >= 0.6 is 0 Å². The first-order valence-corrected chi connectivity index (χ1v) is 8.52. The third-order valence-electron chi connectivity index (χ3n) is 6.57. The van der Waals surface area contributed by atoms with Crippen LogP contribution in [-0.4, -0.2) is 6.04 Å². The highest BCUT2D eigenvalue weighted by Crippen LogP contribution is 2.58. The van der Waals surface area contributed by atoms with Crippen molar-refractivity contribution in [1.82, 2.24) is 5.32 Å². The number of benzene rings is 1. The van der Waals surface area contributed by atoms with Gasteiger partial charge < -0.3 is 5.32 Å². The lowest BCUT2D eigenvalue weighted by Crippen LogP contribution is -2.38. The van der Waals surface area contributed by atoms with Gasteiger partial charge in [0.25, 0.3) is 0 Å². The van der Waals surface area contributed by atoms with E-state index < -0.39 is 0 Å². The van der Waals surface area contributed by atoms with Crippen molar-refractivity contribution in [3.8, 4) is 0 Å². The Hall–Kier alpha value is -0.820. The molecule has 1 aromatic carbocycles. The van der Waals surface area contributed by atoms with Gasteiger partial charge in [0.1, 0.15) is 0 Å². The standard InChI is InChI=1S/C19H27N/c1-12-6-7-14(8-13(12)2)11-20-19-10-15-9-18(19)17-5-3-4-16(15)17/h6-8,15-20H,3-5,9-11H2,1-2H3. The molecule has 0 heterocycles. The highest BCUT2D eigenvalue weighted by molar-refractivity contribution is 5.29. The second-order valence-electron chi connectivity index (χ2n) is 7.56. The molecule has 3 fully saturated rings. The van der Waals surface area contributed by atoms with E-state index in [-0.39, 0.29) is 0 Å². The quantitative estimate of drug-likeness (QED) is 0.866. The molecule has 1 N–H and O–H groups in total. The predicted molar refractivity (Wildman–Crippen MR) is 83.6 cm³/mol. The summed E-state index contributed by atoms with van der Waals surface area (Å²) in [5, 5.41) is 3.89. The van der Waals surface area contributed by atoms with Gasteiger partial charge in [-0.1, -0.05) is 24.6 Å². The van der Waals surface area contributed by atoms with Crippen molar-refractivity contribution in [3.63, 3.8) is 0 Å². The molecule has 0 aromatic heterocycles. The van der Waals surface area contributed by atoms with Crippen molar-refractivity contribution in [2.75, 3.05) is 0 Å². The van der Waals surface area contributed by atoms with Gasteiger partial charge in [0.2, 0.25) is 0 Å². The highest BCUT2D eigenvalue weighted by atomic mass is 14.9. The van der Waals surface area contributed by atoms with E-state index in [4.69, 9.17) is 0 Å². The maximum atomic E-state index is 3.89. The number of aryl methyl sites for hydroxylation is 2. The molecule has 20 heavy (non-hydrogen) atoms. The molecule has 2 bridgehead atoms. The molecule has 1 aromatic rings. The summed E-state index contributed by atoms with van der Waals surface area (Å²) in [5.41, 5.74) is 4.29. The Kier molecular flexibility index (Phi) is 3.14. The van der Waals surface area contributed by atoms with Crippen LogP contribution in [-0.2, 0) is 6.54 Å². The van der Waals surface area contributed by atoms with Gasteiger partial charge in [-0.15, -0.1) is 0 Å². The zero-order valence-electron chi connectivity index (χ0n) is 12.9. The molecule has 0 aliphatic heterocycles. The van der Waals surface area contributed by atoms with Gasteiger partial charge in [0, 0.05) is 12.6 Å². The van der Waals surface area contributed by atoms with E-state index in [2.05, 4.69) is 37.4 Å². The molecule has 3 saturated carbocycles. The van der Waals surface area contributed by atoms with E-state index in [1.807, 2.05) is 0 Å². The summed E-state index contributed by atoms with van der Waals surface area (Å²) >= 11 is 0. The van der Waals surface area contributed by atoms with Gasteiger partial charge >= 0.3 is 0 Å². The summed E-state index contributed by atoms with van der Waals surface area (Å²) in [6, 6.07) is 7.72. The van der Waals surface area contributed by atoms with Gasteiger partial charge in [0.05, 0.1) is 0 Å². The second-order valence-corrected chi connectivity index (χ2v) is 7.56. The van der Waals surface area contributed by atoms with Crippen molar-refractivity contribution in [2.45, 2.75) is 58.5 Å². The molecule has 4 rings (SSSR count). The highest BCUT2D eigenvalue weighted by Gasteiger charge is 2.53. The molecule has 108 valence electrons. The van der Waals surface area contributed by atoms with E-state index in [0.29, 0.717) is 0 Å². The fraction of sp³-hybridized carbons (Fsp3) is 0.684. The summed E-state index contributed by atoms with van der Waals surface area (Å²) in [7, 11) is 0. The van der Waals surface area contributed by atoms with Crippen LogP contribution < -0.4 is 5.32 Å². The number of hydrogen-bond acceptors (Lipinski definition) is 1. The molecular weight excluding hydrogens is 242 g/mol. The van der Waals surface area contributed by atoms with E-state index in [9.17, 15) is 0 Å². The van der Waals surface area contributed by atoms with Crippen molar-refractivity contribution in [2.24, 2.45) is 23.7 Å². The molecule has 3 aliphatic carbocycles. The molecule has 1 nitrogen and oxygen atoms in total. The van der Waals surface area contributed by atoms with Crippen molar-refractivity contribution in [1.29, 1.82) is 0 Å². The summed E-state index contributed by atoms with van der Waals surface area (Å²) in [4.78, 5) is 0. The van der Waals surface area contributed by atoms with E-state index in [0.717, 1.165) is 36.3 Å². The minimum atomic E-state index is 0.806. The molecular formula is C19H27N. The van der Waals surface area contributed by atoms with Crippen LogP contribution in [0.15, 0.2) is 18.2 Å². The third kappa shape index (κ3) is 2.02. The molecule has 3 aliphatic rings. The number of fused-ring (bicyclic) bond motifs is 5. The monoisotopic (exact) mass is 269 g/mol. The third-order valence-corrected chi connectivity index (χ3v) is 6.57. The van der Waals surface area contributed by atoms with Crippen molar-refractivity contribution in [3.05, 3.63) is 34.9 Å². The molecule has 1 heteroatoms. The largest absolute Gasteiger partial charge is 0.310 e. The topological polar surface area (TPSA) is 12.0 Å². The average Bonchev–Trinajstić information content (AvgIpc) is 3.11. The first-order chi connectivity index (χ1) is 9.72. The lowest BCUT2D eigenvalue weighted by Gasteiger charge is -2.32. The van der Waals surface area contributed by atoms with Crippen LogP contribution in [0.2, 0.25) is 0 Å². The summed E-state index contributed by atoms with van der Waals surface area (Å²) in [6.07, 6.45) is 7.55. The second kappa shape index (κ2) is 4.87. The molecule has 5 atom stereocenters. The molecule has 5 unspecified atom stereocenters. The Labute approximate surface area is 123 Å². The number of nitrogens with one attached hydrogen (secondary N) is 1. The molecule has 0 saturated heterocycles. The predicted octanol–water partition coefficient (Wildman–Crippen LogP) is 4.22. The maximum absolute atomic E-state index is 3.89. The zero-order valence-corrected chi connectivity index (χ0v) is 12.9. The van der Waals surface area contributed by atoms with Crippen molar-refractivity contribution >= 4 is 0 Å². The van der Waals surface area contributed by atoms with Gasteiger partial charge in [-0.3, -0.25) is 0 Å². The number of rotatable bonds is 3. The minimum Gasteiger partial charge on any atom is -0.310 e. The Balaban J connectivity index is 1.40. The molecule has 0 amide bonds. The number of hydrogen-bond donors (Lipinski definition) is 1. The maximum Gasteiger partial charge on any atom is 0.0208 e. The first kappa shape index (κ1) is 12.9. The summed E-state index contributed by atoms with van der Waals surface area (Å²) in [5.74, 6) is 4.24. The van der Waals surface area contributed by atoms with Gasteiger partial charge in [-0.2, -0.15) is 0 Å². The minimum absolute atomic E-state index is 0.806. The zero-order chi connectivity index (χ0) is 13.7. The van der Waals surface area contributed by atoms with Gasteiger partial charge in [0.15, 0.2) is 0 Å². The Morgan fingerprint density at radius 3 is 2.70 bits per heavy atom. The lowest BCUT2D eigenvalue weighted by molar-refractivity contribution is 0.208. The summed E-state index contributed by atoms with van der Waals surface area (Å²) < 4.78 is 0.